The Balaban J connectivity index is 2.59. The van der Waals surface area contributed by atoms with E-state index in [4.69, 9.17) is 11.6 Å². The summed E-state index contributed by atoms with van der Waals surface area (Å²) in [6.45, 7) is -0.299. The second kappa shape index (κ2) is 6.01. The Kier molecular flexibility index (Phi) is 4.92. The molecule has 100 valence electrons. The van der Waals surface area contributed by atoms with Gasteiger partial charge in [-0.15, -0.1) is 0 Å². The van der Waals surface area contributed by atoms with Gasteiger partial charge in [0.15, 0.2) is 0 Å². The lowest BCUT2D eigenvalue weighted by atomic mass is 10.2. The van der Waals surface area contributed by atoms with E-state index in [-0.39, 0.29) is 23.8 Å². The molecular weight excluding hydrogens is 273 g/mol. The van der Waals surface area contributed by atoms with Crippen molar-refractivity contribution >= 4 is 17.3 Å². The molecule has 0 unspecified atom stereocenters. The molecule has 0 spiro atoms. The van der Waals surface area contributed by atoms with E-state index in [0.29, 0.717) is 5.56 Å². The molecular formula is C10H10ClF3N2O2. The number of nitrogens with zero attached hydrogens (tertiary/aromatic N) is 1. The van der Waals surface area contributed by atoms with Crippen LogP contribution in [0, 0.1) is 10.1 Å². The van der Waals surface area contributed by atoms with E-state index in [9.17, 15) is 23.3 Å². The van der Waals surface area contributed by atoms with Crippen molar-refractivity contribution in [1.29, 1.82) is 0 Å². The van der Waals surface area contributed by atoms with Crippen LogP contribution >= 0.6 is 11.6 Å². The first kappa shape index (κ1) is 14.7. The topological polar surface area (TPSA) is 55.2 Å². The van der Waals surface area contributed by atoms with E-state index < -0.39 is 17.5 Å². The largest absolute Gasteiger partial charge is 0.390 e. The predicted octanol–water partition coefficient (Wildman–Crippen LogP) is 3.29. The highest BCUT2D eigenvalue weighted by Gasteiger charge is 2.26. The maximum absolute atomic E-state index is 11.9. The van der Waals surface area contributed by atoms with Crippen molar-refractivity contribution in [3.05, 3.63) is 38.9 Å². The van der Waals surface area contributed by atoms with Crippen LogP contribution in [0.25, 0.3) is 0 Å². The molecule has 1 N–H and O–H groups in total. The third-order valence-corrected chi connectivity index (χ3v) is 2.38. The van der Waals surface area contributed by atoms with Gasteiger partial charge < -0.3 is 5.32 Å². The highest BCUT2D eigenvalue weighted by molar-refractivity contribution is 6.30. The average Bonchev–Trinajstić information content (AvgIpc) is 2.24. The molecule has 8 heteroatoms. The average molecular weight is 283 g/mol. The molecule has 0 saturated carbocycles. The van der Waals surface area contributed by atoms with E-state index in [1.165, 1.54) is 18.2 Å². The van der Waals surface area contributed by atoms with Crippen molar-refractivity contribution in [3.8, 4) is 0 Å². The summed E-state index contributed by atoms with van der Waals surface area (Å²) in [5, 5.41) is 13.4. The van der Waals surface area contributed by atoms with Crippen LogP contribution in [-0.4, -0.2) is 17.6 Å². The fourth-order valence-corrected chi connectivity index (χ4v) is 1.48. The van der Waals surface area contributed by atoms with E-state index in [1.807, 2.05) is 0 Å². The van der Waals surface area contributed by atoms with Crippen LogP contribution in [0.4, 0.5) is 18.9 Å². The Labute approximate surface area is 106 Å². The number of nitro groups is 1. The summed E-state index contributed by atoms with van der Waals surface area (Å²) in [4.78, 5) is 10.1. The van der Waals surface area contributed by atoms with Crippen molar-refractivity contribution in [1.82, 2.24) is 5.32 Å². The normalized spacial score (nSPS) is 11.6. The van der Waals surface area contributed by atoms with Gasteiger partial charge in [0.25, 0.3) is 5.69 Å². The fraction of sp³-hybridized carbons (Fsp3) is 0.400. The van der Waals surface area contributed by atoms with Gasteiger partial charge in [-0.1, -0.05) is 11.6 Å². The van der Waals surface area contributed by atoms with E-state index in [0.717, 1.165) is 0 Å². The van der Waals surface area contributed by atoms with Crippen LogP contribution in [0.2, 0.25) is 5.02 Å². The number of hydrogen-bond acceptors (Lipinski definition) is 3. The highest BCUT2D eigenvalue weighted by atomic mass is 35.5. The van der Waals surface area contributed by atoms with Crippen molar-refractivity contribution in [2.75, 3.05) is 6.54 Å². The lowest BCUT2D eigenvalue weighted by molar-refractivity contribution is -0.385. The maximum atomic E-state index is 11.9. The van der Waals surface area contributed by atoms with Crippen LogP contribution in [0.5, 0.6) is 0 Å². The standard InChI is InChI=1S/C10H10ClF3N2O2/c11-8-2-1-7(9(5-8)16(17)18)6-15-4-3-10(12,13)14/h1-2,5,15H,3-4,6H2. The Bertz CT molecular complexity index is 438. The summed E-state index contributed by atoms with van der Waals surface area (Å²) in [7, 11) is 0. The van der Waals surface area contributed by atoms with Crippen LogP contribution in [-0.2, 0) is 6.54 Å². The van der Waals surface area contributed by atoms with Gasteiger partial charge in [-0.25, -0.2) is 0 Å². The lowest BCUT2D eigenvalue weighted by Gasteiger charge is -2.08. The fourth-order valence-electron chi connectivity index (χ4n) is 1.31. The Morgan fingerprint density at radius 3 is 2.61 bits per heavy atom. The Hall–Kier alpha value is -1.34. The zero-order chi connectivity index (χ0) is 13.8. The zero-order valence-corrected chi connectivity index (χ0v) is 9.88. The summed E-state index contributed by atoms with van der Waals surface area (Å²) < 4.78 is 35.6. The molecule has 1 rings (SSSR count). The van der Waals surface area contributed by atoms with Gasteiger partial charge in [0, 0.05) is 29.7 Å². The molecule has 0 aromatic heterocycles. The first-order chi connectivity index (χ1) is 8.29. The summed E-state index contributed by atoms with van der Waals surface area (Å²) in [5.74, 6) is 0. The summed E-state index contributed by atoms with van der Waals surface area (Å²) >= 11 is 5.61. The molecule has 0 bridgehead atoms. The molecule has 18 heavy (non-hydrogen) atoms. The van der Waals surface area contributed by atoms with E-state index in [1.54, 1.807) is 0 Å². The van der Waals surface area contributed by atoms with E-state index in [2.05, 4.69) is 5.32 Å². The zero-order valence-electron chi connectivity index (χ0n) is 9.13. The summed E-state index contributed by atoms with van der Waals surface area (Å²) in [6.07, 6.45) is -5.21. The molecule has 4 nitrogen and oxygen atoms in total. The number of alkyl halides is 3. The van der Waals surface area contributed by atoms with Crippen molar-refractivity contribution < 1.29 is 18.1 Å². The minimum Gasteiger partial charge on any atom is -0.312 e. The van der Waals surface area contributed by atoms with Crippen LogP contribution in [0.15, 0.2) is 18.2 Å². The highest BCUT2D eigenvalue weighted by Crippen LogP contribution is 2.23. The molecule has 1 aromatic carbocycles. The number of hydrogen-bond donors (Lipinski definition) is 1. The molecule has 0 aliphatic heterocycles. The van der Waals surface area contributed by atoms with Gasteiger partial charge in [0.05, 0.1) is 11.3 Å². The van der Waals surface area contributed by atoms with Crippen molar-refractivity contribution in [3.63, 3.8) is 0 Å². The number of nitro benzene ring substituents is 1. The minimum atomic E-state index is -4.24. The number of halogens is 4. The molecule has 0 fully saturated rings. The Morgan fingerprint density at radius 1 is 1.39 bits per heavy atom. The molecule has 0 amide bonds. The molecule has 0 radical (unpaired) electrons. The quantitative estimate of drug-likeness (QED) is 0.512. The second-order valence-corrected chi connectivity index (χ2v) is 4.01. The second-order valence-electron chi connectivity index (χ2n) is 3.57. The minimum absolute atomic E-state index is 0.0104. The molecule has 0 aliphatic rings. The van der Waals surface area contributed by atoms with Gasteiger partial charge >= 0.3 is 6.18 Å². The first-order valence-corrected chi connectivity index (χ1v) is 5.37. The van der Waals surface area contributed by atoms with Gasteiger partial charge in [0.1, 0.15) is 0 Å². The van der Waals surface area contributed by atoms with Gasteiger partial charge in [-0.3, -0.25) is 10.1 Å². The number of benzene rings is 1. The first-order valence-electron chi connectivity index (χ1n) is 5.00. The number of rotatable bonds is 5. The molecule has 1 aromatic rings. The van der Waals surface area contributed by atoms with Crippen LogP contribution in [0.1, 0.15) is 12.0 Å². The van der Waals surface area contributed by atoms with Gasteiger partial charge in [-0.2, -0.15) is 13.2 Å². The van der Waals surface area contributed by atoms with Crippen LogP contribution < -0.4 is 5.32 Å². The lowest BCUT2D eigenvalue weighted by Crippen LogP contribution is -2.21. The molecule has 0 heterocycles. The van der Waals surface area contributed by atoms with Crippen LogP contribution in [0.3, 0.4) is 0 Å². The van der Waals surface area contributed by atoms with Gasteiger partial charge in [-0.05, 0) is 12.1 Å². The smallest absolute Gasteiger partial charge is 0.312 e. The monoisotopic (exact) mass is 282 g/mol. The summed E-state index contributed by atoms with van der Waals surface area (Å²) in [6, 6.07) is 4.04. The van der Waals surface area contributed by atoms with Gasteiger partial charge in [0.2, 0.25) is 0 Å². The predicted molar refractivity (Wildman–Crippen MR) is 60.5 cm³/mol. The maximum Gasteiger partial charge on any atom is 0.390 e. The number of nitrogens with one attached hydrogen (secondary N) is 1. The third kappa shape index (κ3) is 4.89. The molecule has 0 atom stereocenters. The summed E-state index contributed by atoms with van der Waals surface area (Å²) in [5.41, 5.74) is 0.0913. The van der Waals surface area contributed by atoms with E-state index >= 15 is 0 Å². The molecule has 0 saturated heterocycles. The SMILES string of the molecule is O=[N+]([O-])c1cc(Cl)ccc1CNCCC(F)(F)F. The molecule has 0 aliphatic carbocycles. The Morgan fingerprint density at radius 2 is 2.06 bits per heavy atom. The third-order valence-electron chi connectivity index (χ3n) is 2.14. The van der Waals surface area contributed by atoms with Crippen molar-refractivity contribution in [2.24, 2.45) is 0 Å². The van der Waals surface area contributed by atoms with Crippen molar-refractivity contribution in [2.45, 2.75) is 19.1 Å².